The van der Waals surface area contributed by atoms with E-state index in [2.05, 4.69) is 9.47 Å². The molecule has 1 aliphatic heterocycles. The van der Waals surface area contributed by atoms with Crippen LogP contribution in [0.4, 0.5) is 17.6 Å². The van der Waals surface area contributed by atoms with Crippen LogP contribution in [0.2, 0.25) is 0 Å². The highest BCUT2D eigenvalue weighted by atomic mass is 19.3. The van der Waals surface area contributed by atoms with Gasteiger partial charge in [-0.3, -0.25) is 14.3 Å². The van der Waals surface area contributed by atoms with Gasteiger partial charge < -0.3 is 0 Å². The fourth-order valence-electron chi connectivity index (χ4n) is 0.862. The van der Waals surface area contributed by atoms with Gasteiger partial charge in [-0.2, -0.15) is 13.2 Å². The van der Waals surface area contributed by atoms with Gasteiger partial charge in [-0.05, 0) is 0 Å². The van der Waals surface area contributed by atoms with Crippen LogP contribution in [0.1, 0.15) is 13.8 Å². The van der Waals surface area contributed by atoms with Gasteiger partial charge in [-0.25, -0.2) is 4.39 Å². The minimum atomic E-state index is -4.34. The molecule has 0 aliphatic carbocycles. The molecule has 1 aliphatic rings. The summed E-state index contributed by atoms with van der Waals surface area (Å²) in [5.41, 5.74) is 0. The summed E-state index contributed by atoms with van der Waals surface area (Å²) in [5.74, 6) is -6.38. The summed E-state index contributed by atoms with van der Waals surface area (Å²) in [6.07, 6.45) is -4.34. The van der Waals surface area contributed by atoms with E-state index in [0.717, 1.165) is 0 Å². The average Bonchev–Trinajstić information content (AvgIpc) is 1.97. The molecular formula is C6H6F4O3. The Labute approximate surface area is 70.6 Å². The lowest BCUT2D eigenvalue weighted by atomic mass is 10.3. The highest BCUT2D eigenvalue weighted by Crippen LogP contribution is 2.47. The number of carbonyl (C=O) groups excluding carboxylic acids is 1. The summed E-state index contributed by atoms with van der Waals surface area (Å²) in [4.78, 5) is 10.1. The van der Waals surface area contributed by atoms with E-state index in [1.54, 1.807) is 0 Å². The Bertz CT molecular complexity index is 234. The minimum Gasteiger partial charge on any atom is -0.297 e. The van der Waals surface area contributed by atoms with E-state index in [1.807, 2.05) is 0 Å². The van der Waals surface area contributed by atoms with E-state index in [4.69, 9.17) is 0 Å². The topological polar surface area (TPSA) is 35.5 Å². The number of alkyl halides is 3. The zero-order chi connectivity index (χ0) is 10.5. The van der Waals surface area contributed by atoms with Crippen molar-refractivity contribution in [3.63, 3.8) is 0 Å². The van der Waals surface area contributed by atoms with Crippen molar-refractivity contribution in [2.24, 2.45) is 0 Å². The number of carbonyl (C=O) groups is 1. The first kappa shape index (κ1) is 10.4. The Balaban J connectivity index is 3.00. The van der Waals surface area contributed by atoms with Gasteiger partial charge in [0, 0.05) is 13.8 Å². The molecule has 7 heteroatoms. The number of halogens is 4. The normalized spacial score (nSPS) is 43.5. The molecule has 1 heterocycles. The molecule has 0 saturated carbocycles. The Kier molecular flexibility index (Phi) is 1.93. The monoisotopic (exact) mass is 202 g/mol. The standard InChI is InChI=1S/C6H6F4O3/c1-4(3(7)11)12-5(2,8)6(9,10)13-4/h1-2H3. The Morgan fingerprint density at radius 1 is 1.15 bits per heavy atom. The first-order valence-electron chi connectivity index (χ1n) is 3.28. The molecule has 0 amide bonds. The molecule has 1 fully saturated rings. The molecule has 0 spiro atoms. The summed E-state index contributed by atoms with van der Waals surface area (Å²) in [6.45, 7) is 0.926. The predicted molar refractivity (Wildman–Crippen MR) is 31.1 cm³/mol. The molecular weight excluding hydrogens is 196 g/mol. The summed E-state index contributed by atoms with van der Waals surface area (Å²) < 4.78 is 57.4. The summed E-state index contributed by atoms with van der Waals surface area (Å²) >= 11 is 0. The third kappa shape index (κ3) is 1.42. The van der Waals surface area contributed by atoms with Crippen molar-refractivity contribution in [1.82, 2.24) is 0 Å². The molecule has 0 radical (unpaired) electrons. The first-order chi connectivity index (χ1) is 5.61. The van der Waals surface area contributed by atoms with Gasteiger partial charge in [0.05, 0.1) is 0 Å². The van der Waals surface area contributed by atoms with E-state index in [0.29, 0.717) is 13.8 Å². The molecule has 76 valence electrons. The van der Waals surface area contributed by atoms with Crippen LogP contribution in [0.25, 0.3) is 0 Å². The van der Waals surface area contributed by atoms with Crippen molar-refractivity contribution in [1.29, 1.82) is 0 Å². The Morgan fingerprint density at radius 2 is 1.62 bits per heavy atom. The average molecular weight is 202 g/mol. The second kappa shape index (κ2) is 2.42. The van der Waals surface area contributed by atoms with Crippen LogP contribution in [-0.4, -0.2) is 23.8 Å². The van der Waals surface area contributed by atoms with Crippen LogP contribution in [0, 0.1) is 0 Å². The van der Waals surface area contributed by atoms with Gasteiger partial charge >= 0.3 is 18.0 Å². The summed E-state index contributed by atoms with van der Waals surface area (Å²) in [6, 6.07) is -2.31. The second-order valence-electron chi connectivity index (χ2n) is 2.86. The highest BCUT2D eigenvalue weighted by molar-refractivity contribution is 5.76. The second-order valence-corrected chi connectivity index (χ2v) is 2.86. The van der Waals surface area contributed by atoms with Crippen LogP contribution < -0.4 is 0 Å². The lowest BCUT2D eigenvalue weighted by Gasteiger charge is -2.17. The number of ether oxygens (including phenoxy) is 2. The fourth-order valence-corrected chi connectivity index (χ4v) is 0.862. The lowest BCUT2D eigenvalue weighted by Crippen LogP contribution is -2.37. The van der Waals surface area contributed by atoms with Gasteiger partial charge in [0.15, 0.2) is 0 Å². The Morgan fingerprint density at radius 3 is 1.77 bits per heavy atom. The van der Waals surface area contributed by atoms with Gasteiger partial charge in [-0.15, -0.1) is 0 Å². The molecule has 1 rings (SSSR count). The molecule has 0 bridgehead atoms. The maximum atomic E-state index is 12.8. The van der Waals surface area contributed by atoms with E-state index in [9.17, 15) is 22.4 Å². The zero-order valence-electron chi connectivity index (χ0n) is 6.74. The van der Waals surface area contributed by atoms with Crippen molar-refractivity contribution < 1.29 is 31.8 Å². The molecule has 3 nitrogen and oxygen atoms in total. The van der Waals surface area contributed by atoms with E-state index in [-0.39, 0.29) is 0 Å². The zero-order valence-corrected chi connectivity index (χ0v) is 6.74. The molecule has 0 aromatic heterocycles. The fraction of sp³-hybridized carbons (Fsp3) is 0.833. The summed E-state index contributed by atoms with van der Waals surface area (Å²) in [5, 5.41) is 0. The third-order valence-electron chi connectivity index (χ3n) is 1.59. The number of hydrogen-bond donors (Lipinski definition) is 0. The molecule has 1 saturated heterocycles. The maximum absolute atomic E-state index is 12.8. The van der Waals surface area contributed by atoms with Crippen molar-refractivity contribution in [2.45, 2.75) is 31.6 Å². The van der Waals surface area contributed by atoms with E-state index >= 15 is 0 Å². The van der Waals surface area contributed by atoms with Crippen LogP contribution in [-0.2, 0) is 14.3 Å². The van der Waals surface area contributed by atoms with Crippen molar-refractivity contribution in [2.75, 3.05) is 0 Å². The van der Waals surface area contributed by atoms with Gasteiger partial charge in [0.1, 0.15) is 0 Å². The minimum absolute atomic E-state index is 0.348. The molecule has 2 unspecified atom stereocenters. The van der Waals surface area contributed by atoms with Crippen LogP contribution in [0.3, 0.4) is 0 Å². The SMILES string of the molecule is CC1(C(=O)F)OC(C)(F)C(F)(F)O1. The van der Waals surface area contributed by atoms with Crippen molar-refractivity contribution in [3.8, 4) is 0 Å². The quantitative estimate of drug-likeness (QED) is 0.477. The van der Waals surface area contributed by atoms with Gasteiger partial charge in [0.2, 0.25) is 0 Å². The molecule has 13 heavy (non-hydrogen) atoms. The third-order valence-corrected chi connectivity index (χ3v) is 1.59. The van der Waals surface area contributed by atoms with Crippen LogP contribution in [0.5, 0.6) is 0 Å². The number of hydrogen-bond acceptors (Lipinski definition) is 3. The highest BCUT2D eigenvalue weighted by Gasteiger charge is 2.69. The number of rotatable bonds is 1. The predicted octanol–water partition coefficient (Wildman–Crippen LogP) is 1.52. The maximum Gasteiger partial charge on any atom is 0.417 e. The molecule has 2 atom stereocenters. The smallest absolute Gasteiger partial charge is 0.297 e. The van der Waals surface area contributed by atoms with E-state index in [1.165, 1.54) is 0 Å². The molecule has 0 aromatic rings. The van der Waals surface area contributed by atoms with Crippen LogP contribution >= 0.6 is 0 Å². The van der Waals surface area contributed by atoms with Gasteiger partial charge in [0.25, 0.3) is 5.79 Å². The lowest BCUT2D eigenvalue weighted by molar-refractivity contribution is -0.288. The van der Waals surface area contributed by atoms with Crippen LogP contribution in [0.15, 0.2) is 0 Å². The summed E-state index contributed by atoms with van der Waals surface area (Å²) in [7, 11) is 0. The largest absolute Gasteiger partial charge is 0.417 e. The van der Waals surface area contributed by atoms with E-state index < -0.39 is 23.8 Å². The Hall–Kier alpha value is -0.690. The van der Waals surface area contributed by atoms with Crippen molar-refractivity contribution >= 4 is 6.04 Å². The molecule has 0 aromatic carbocycles. The molecule has 0 N–H and O–H groups in total. The first-order valence-corrected chi connectivity index (χ1v) is 3.28. The van der Waals surface area contributed by atoms with Gasteiger partial charge in [-0.1, -0.05) is 0 Å². The van der Waals surface area contributed by atoms with Crippen molar-refractivity contribution in [3.05, 3.63) is 0 Å².